The summed E-state index contributed by atoms with van der Waals surface area (Å²) in [7, 11) is -3.62. The lowest BCUT2D eigenvalue weighted by molar-refractivity contribution is -0.133. The van der Waals surface area contributed by atoms with Gasteiger partial charge in [0.1, 0.15) is 5.54 Å². The van der Waals surface area contributed by atoms with E-state index in [1.165, 1.54) is 28.5 Å². The van der Waals surface area contributed by atoms with Crippen LogP contribution in [0.4, 0.5) is 5.69 Å². The van der Waals surface area contributed by atoms with Crippen molar-refractivity contribution in [2.75, 3.05) is 23.7 Å². The lowest BCUT2D eigenvalue weighted by Crippen LogP contribution is -2.71. The molecule has 3 rings (SSSR count). The van der Waals surface area contributed by atoms with E-state index < -0.39 is 15.6 Å². The van der Waals surface area contributed by atoms with E-state index in [-0.39, 0.29) is 36.7 Å². The third kappa shape index (κ3) is 5.17. The minimum absolute atomic E-state index is 0.0499. The number of nitrogens with one attached hydrogen (secondary N) is 1. The molecule has 1 N–H and O–H groups in total. The van der Waals surface area contributed by atoms with Gasteiger partial charge in [0.05, 0.1) is 12.3 Å². The van der Waals surface area contributed by atoms with Gasteiger partial charge in [0.25, 0.3) is 0 Å². The molecule has 0 spiro atoms. The topological polar surface area (TPSA) is 86.8 Å². The van der Waals surface area contributed by atoms with Crippen LogP contribution in [-0.2, 0) is 19.6 Å². The second-order valence-corrected chi connectivity index (χ2v) is 11.7. The number of carbonyl (C=O) groups is 2. The number of benzene rings is 1. The van der Waals surface area contributed by atoms with Crippen LogP contribution in [0.15, 0.2) is 18.2 Å². The molecule has 2 amide bonds. The highest BCUT2D eigenvalue weighted by molar-refractivity contribution is 7.89. The number of carbonyl (C=O) groups excluding carboxylic acids is 2. The van der Waals surface area contributed by atoms with Gasteiger partial charge in [-0.15, -0.1) is 0 Å². The Labute approximate surface area is 192 Å². The highest BCUT2D eigenvalue weighted by Crippen LogP contribution is 2.33. The minimum atomic E-state index is -3.62. The van der Waals surface area contributed by atoms with E-state index in [1.54, 1.807) is 13.8 Å². The van der Waals surface area contributed by atoms with Crippen LogP contribution < -0.4 is 10.2 Å². The van der Waals surface area contributed by atoms with Gasteiger partial charge in [0, 0.05) is 18.3 Å². The largest absolute Gasteiger partial charge is 0.351 e. The molecule has 2 fully saturated rings. The molecule has 32 heavy (non-hydrogen) atoms. The molecule has 1 unspecified atom stereocenters. The molecule has 8 heteroatoms. The molecule has 7 nitrogen and oxygen atoms in total. The van der Waals surface area contributed by atoms with Crippen molar-refractivity contribution in [3.8, 4) is 0 Å². The third-order valence-electron chi connectivity index (χ3n) is 6.82. The summed E-state index contributed by atoms with van der Waals surface area (Å²) in [4.78, 5) is 28.6. The molecule has 2 aliphatic rings. The summed E-state index contributed by atoms with van der Waals surface area (Å²) in [5.74, 6) is -0.771. The second-order valence-electron chi connectivity index (χ2n) is 9.48. The number of anilines is 1. The first-order valence-electron chi connectivity index (χ1n) is 11.8. The number of nitrogens with zero attached hydrogens (tertiary/aromatic N) is 2. The summed E-state index contributed by atoms with van der Waals surface area (Å²) < 4.78 is 26.5. The van der Waals surface area contributed by atoms with E-state index in [9.17, 15) is 18.0 Å². The zero-order chi connectivity index (χ0) is 23.5. The molecule has 0 aromatic heterocycles. The lowest BCUT2D eigenvalue weighted by atomic mass is 9.91. The predicted molar refractivity (Wildman–Crippen MR) is 127 cm³/mol. The van der Waals surface area contributed by atoms with Crippen LogP contribution in [0.3, 0.4) is 0 Å². The molecule has 1 atom stereocenters. The van der Waals surface area contributed by atoms with Gasteiger partial charge < -0.3 is 5.32 Å². The molecule has 1 aliphatic carbocycles. The smallest absolute Gasteiger partial charge is 0.247 e. The quantitative estimate of drug-likeness (QED) is 0.726. The average molecular weight is 464 g/mol. The van der Waals surface area contributed by atoms with E-state index in [4.69, 9.17) is 0 Å². The first kappa shape index (κ1) is 24.7. The first-order valence-corrected chi connectivity index (χ1v) is 13.4. The standard InChI is InChI=1S/C24H37N3O4S/c1-5-32(30,31)26-16-22(28)27(21-14-13-18(2)15-19(21)3)24(4,17-26)23(29)25-20-11-9-7-6-8-10-12-20/h13-15,20H,5-12,16-17H2,1-4H3,(H,25,29). The minimum Gasteiger partial charge on any atom is -0.351 e. The number of amides is 2. The van der Waals surface area contributed by atoms with Crippen LogP contribution in [0, 0.1) is 13.8 Å². The van der Waals surface area contributed by atoms with E-state index in [0.717, 1.165) is 36.8 Å². The molecule has 1 aromatic rings. The third-order valence-corrected chi connectivity index (χ3v) is 8.59. The normalized spacial score (nSPS) is 24.1. The molecule has 0 bridgehead atoms. The van der Waals surface area contributed by atoms with Crippen molar-refractivity contribution in [1.29, 1.82) is 0 Å². The van der Waals surface area contributed by atoms with Gasteiger partial charge >= 0.3 is 0 Å². The van der Waals surface area contributed by atoms with Crippen molar-refractivity contribution in [1.82, 2.24) is 9.62 Å². The first-order chi connectivity index (χ1) is 15.1. The highest BCUT2D eigenvalue weighted by Gasteiger charge is 2.51. The fourth-order valence-electron chi connectivity index (χ4n) is 4.92. The second kappa shape index (κ2) is 9.91. The van der Waals surface area contributed by atoms with Crippen LogP contribution in [-0.4, -0.2) is 55.0 Å². The average Bonchev–Trinajstić information content (AvgIpc) is 2.70. The Balaban J connectivity index is 1.98. The van der Waals surface area contributed by atoms with E-state index in [1.807, 2.05) is 32.0 Å². The number of sulfonamides is 1. The van der Waals surface area contributed by atoms with Crippen LogP contribution in [0.25, 0.3) is 0 Å². The number of piperazine rings is 1. The number of rotatable bonds is 5. The molecule has 1 heterocycles. The van der Waals surface area contributed by atoms with Crippen LogP contribution in [0.1, 0.15) is 69.9 Å². The molecule has 178 valence electrons. The Morgan fingerprint density at radius 1 is 1.12 bits per heavy atom. The zero-order valence-electron chi connectivity index (χ0n) is 19.8. The monoisotopic (exact) mass is 463 g/mol. The Morgan fingerprint density at radius 3 is 2.34 bits per heavy atom. The highest BCUT2D eigenvalue weighted by atomic mass is 32.2. The van der Waals surface area contributed by atoms with Crippen molar-refractivity contribution < 1.29 is 18.0 Å². The number of hydrogen-bond acceptors (Lipinski definition) is 4. The summed E-state index contributed by atoms with van der Waals surface area (Å²) in [5, 5.41) is 3.18. The van der Waals surface area contributed by atoms with E-state index in [0.29, 0.717) is 5.69 Å². The maximum absolute atomic E-state index is 13.7. The molecular weight excluding hydrogens is 426 g/mol. The number of aryl methyl sites for hydroxylation is 2. The van der Waals surface area contributed by atoms with Gasteiger partial charge in [0.15, 0.2) is 0 Å². The van der Waals surface area contributed by atoms with Gasteiger partial charge in [-0.3, -0.25) is 14.5 Å². The summed E-state index contributed by atoms with van der Waals surface area (Å²) in [6, 6.07) is 5.80. The maximum atomic E-state index is 13.7. The van der Waals surface area contributed by atoms with Gasteiger partial charge in [-0.1, -0.05) is 49.8 Å². The summed E-state index contributed by atoms with van der Waals surface area (Å²) in [5.41, 5.74) is 1.27. The van der Waals surface area contributed by atoms with E-state index in [2.05, 4.69) is 5.32 Å². The van der Waals surface area contributed by atoms with Gasteiger partial charge in [-0.25, -0.2) is 8.42 Å². The van der Waals surface area contributed by atoms with Crippen molar-refractivity contribution >= 4 is 27.5 Å². The van der Waals surface area contributed by atoms with Gasteiger partial charge in [-0.2, -0.15) is 4.31 Å². The summed E-state index contributed by atoms with van der Waals surface area (Å²) in [6.45, 7) is 6.83. The Kier molecular flexibility index (Phi) is 7.65. The molecule has 0 radical (unpaired) electrons. The summed E-state index contributed by atoms with van der Waals surface area (Å²) >= 11 is 0. The molecular formula is C24H37N3O4S. The van der Waals surface area contributed by atoms with Crippen LogP contribution >= 0.6 is 0 Å². The van der Waals surface area contributed by atoms with Gasteiger partial charge in [0.2, 0.25) is 21.8 Å². The van der Waals surface area contributed by atoms with Crippen molar-refractivity contribution in [2.24, 2.45) is 0 Å². The molecule has 1 saturated carbocycles. The molecule has 1 aromatic carbocycles. The predicted octanol–water partition coefficient (Wildman–Crippen LogP) is 3.29. The molecule has 1 aliphatic heterocycles. The lowest BCUT2D eigenvalue weighted by Gasteiger charge is -2.47. The fourth-order valence-corrected chi connectivity index (χ4v) is 6.04. The van der Waals surface area contributed by atoms with E-state index >= 15 is 0 Å². The SMILES string of the molecule is CCS(=O)(=O)N1CC(=O)N(c2ccc(C)cc2C)C(C)(C(=O)NC2CCCCCCC2)C1. The van der Waals surface area contributed by atoms with Crippen LogP contribution in [0.5, 0.6) is 0 Å². The Hall–Kier alpha value is -1.93. The maximum Gasteiger partial charge on any atom is 0.247 e. The zero-order valence-corrected chi connectivity index (χ0v) is 20.6. The van der Waals surface area contributed by atoms with Crippen LogP contribution in [0.2, 0.25) is 0 Å². The van der Waals surface area contributed by atoms with Crippen molar-refractivity contribution in [3.05, 3.63) is 29.3 Å². The Morgan fingerprint density at radius 2 is 1.75 bits per heavy atom. The van der Waals surface area contributed by atoms with Gasteiger partial charge in [-0.05, 0) is 52.2 Å². The van der Waals surface area contributed by atoms with Crippen molar-refractivity contribution in [3.63, 3.8) is 0 Å². The van der Waals surface area contributed by atoms with Crippen molar-refractivity contribution in [2.45, 2.75) is 84.2 Å². The fraction of sp³-hybridized carbons (Fsp3) is 0.667. The number of hydrogen-bond donors (Lipinski definition) is 1. The molecule has 1 saturated heterocycles. The summed E-state index contributed by atoms with van der Waals surface area (Å²) in [6.07, 6.45) is 7.53. The Bertz CT molecular complexity index is 954.